The van der Waals surface area contributed by atoms with Gasteiger partial charge in [-0.15, -0.1) is 0 Å². The molecule has 1 atom stereocenters. The molecule has 0 aliphatic rings. The first kappa shape index (κ1) is 16.0. The number of anilines is 1. The van der Waals surface area contributed by atoms with Crippen molar-refractivity contribution in [3.8, 4) is 5.75 Å². The van der Waals surface area contributed by atoms with Crippen LogP contribution in [-0.2, 0) is 4.79 Å². The molecule has 0 spiro atoms. The van der Waals surface area contributed by atoms with Crippen molar-refractivity contribution >= 4 is 17.5 Å². The largest absolute Gasteiger partial charge is 0.497 e. The summed E-state index contributed by atoms with van der Waals surface area (Å²) in [6, 6.07) is 4.95. The molecule has 3 N–H and O–H groups in total. The molecule has 0 saturated heterocycles. The lowest BCUT2D eigenvalue weighted by Gasteiger charge is -2.15. The summed E-state index contributed by atoms with van der Waals surface area (Å²) in [5.41, 5.74) is 0.843. The van der Waals surface area contributed by atoms with Crippen LogP contribution in [0.5, 0.6) is 5.75 Å². The number of hydrogen-bond acceptors (Lipinski definition) is 4. The molecule has 2 amide bonds. The van der Waals surface area contributed by atoms with E-state index in [1.807, 2.05) is 6.92 Å². The van der Waals surface area contributed by atoms with Gasteiger partial charge in [-0.3, -0.25) is 9.59 Å². The lowest BCUT2D eigenvalue weighted by atomic mass is 10.1. The van der Waals surface area contributed by atoms with Crippen LogP contribution in [0.4, 0.5) is 5.69 Å². The molecular weight excluding hydrogens is 258 g/mol. The normalized spacial score (nSPS) is 11.6. The first-order chi connectivity index (χ1) is 9.53. The summed E-state index contributed by atoms with van der Waals surface area (Å²) in [5.74, 6) is -0.0559. The zero-order valence-electron chi connectivity index (χ0n) is 12.2. The van der Waals surface area contributed by atoms with Crippen LogP contribution in [0.15, 0.2) is 18.2 Å². The summed E-state index contributed by atoms with van der Waals surface area (Å²) < 4.78 is 5.09. The Labute approximate surface area is 118 Å². The van der Waals surface area contributed by atoms with E-state index >= 15 is 0 Å². The maximum absolute atomic E-state index is 12.0. The molecule has 20 heavy (non-hydrogen) atoms. The number of amides is 2. The van der Waals surface area contributed by atoms with Crippen LogP contribution in [0, 0.1) is 5.92 Å². The Morgan fingerprint density at radius 1 is 1.30 bits per heavy atom. The number of carbonyl (C=O) groups is 2. The highest BCUT2D eigenvalue weighted by Gasteiger charge is 2.17. The summed E-state index contributed by atoms with van der Waals surface area (Å²) in [6.45, 7) is 2.38. The Morgan fingerprint density at radius 2 is 2.00 bits per heavy atom. The molecule has 0 fully saturated rings. The molecule has 0 aromatic heterocycles. The molecule has 0 heterocycles. The van der Waals surface area contributed by atoms with Crippen molar-refractivity contribution in [2.75, 3.05) is 33.1 Å². The molecule has 1 unspecified atom stereocenters. The smallest absolute Gasteiger partial charge is 0.253 e. The molecular formula is C14H21N3O3. The SMILES string of the molecule is CNCC(C)C(=O)Nc1ccc(OC)cc1C(=O)NC. The first-order valence-electron chi connectivity index (χ1n) is 6.39. The lowest BCUT2D eigenvalue weighted by Crippen LogP contribution is -2.29. The fraction of sp³-hybridized carbons (Fsp3) is 0.429. The molecule has 0 aliphatic heterocycles. The topological polar surface area (TPSA) is 79.5 Å². The molecule has 1 rings (SSSR count). The molecule has 1 aromatic carbocycles. The van der Waals surface area contributed by atoms with E-state index in [1.54, 1.807) is 25.2 Å². The number of benzene rings is 1. The van der Waals surface area contributed by atoms with Gasteiger partial charge in [0.1, 0.15) is 5.75 Å². The zero-order chi connectivity index (χ0) is 15.1. The van der Waals surface area contributed by atoms with Crippen LogP contribution in [-0.4, -0.2) is 39.6 Å². The minimum absolute atomic E-state index is 0.144. The van der Waals surface area contributed by atoms with Crippen molar-refractivity contribution in [1.82, 2.24) is 10.6 Å². The van der Waals surface area contributed by atoms with Gasteiger partial charge in [0.25, 0.3) is 5.91 Å². The van der Waals surface area contributed by atoms with E-state index in [4.69, 9.17) is 4.74 Å². The van der Waals surface area contributed by atoms with Crippen LogP contribution in [0.2, 0.25) is 0 Å². The lowest BCUT2D eigenvalue weighted by molar-refractivity contribution is -0.119. The number of rotatable bonds is 6. The van der Waals surface area contributed by atoms with Gasteiger partial charge in [-0.05, 0) is 25.2 Å². The minimum atomic E-state index is -0.277. The Morgan fingerprint density at radius 3 is 2.55 bits per heavy atom. The molecule has 110 valence electrons. The summed E-state index contributed by atoms with van der Waals surface area (Å²) in [7, 11) is 4.85. The van der Waals surface area contributed by atoms with Gasteiger partial charge < -0.3 is 20.7 Å². The van der Waals surface area contributed by atoms with Gasteiger partial charge in [0, 0.05) is 19.5 Å². The van der Waals surface area contributed by atoms with Gasteiger partial charge in [-0.25, -0.2) is 0 Å². The average molecular weight is 279 g/mol. The van der Waals surface area contributed by atoms with E-state index < -0.39 is 0 Å². The third-order valence-electron chi connectivity index (χ3n) is 2.91. The molecule has 0 aliphatic carbocycles. The maximum Gasteiger partial charge on any atom is 0.253 e. The van der Waals surface area contributed by atoms with Crippen LogP contribution in [0.3, 0.4) is 0 Å². The minimum Gasteiger partial charge on any atom is -0.497 e. The first-order valence-corrected chi connectivity index (χ1v) is 6.39. The van der Waals surface area contributed by atoms with E-state index in [2.05, 4.69) is 16.0 Å². The Bertz CT molecular complexity index is 489. The Kier molecular flexibility index (Phi) is 5.99. The van der Waals surface area contributed by atoms with E-state index in [9.17, 15) is 9.59 Å². The quantitative estimate of drug-likeness (QED) is 0.721. The van der Waals surface area contributed by atoms with Crippen LogP contribution in [0.25, 0.3) is 0 Å². The van der Waals surface area contributed by atoms with Crippen molar-refractivity contribution in [3.05, 3.63) is 23.8 Å². The van der Waals surface area contributed by atoms with Gasteiger partial charge in [0.2, 0.25) is 5.91 Å². The third kappa shape index (κ3) is 3.96. The van der Waals surface area contributed by atoms with Gasteiger partial charge in [0.15, 0.2) is 0 Å². The molecule has 6 heteroatoms. The van der Waals surface area contributed by atoms with Gasteiger partial charge in [0.05, 0.1) is 18.4 Å². The summed E-state index contributed by atoms with van der Waals surface area (Å²) >= 11 is 0. The number of hydrogen-bond donors (Lipinski definition) is 3. The summed E-state index contributed by atoms with van der Waals surface area (Å²) in [6.07, 6.45) is 0. The second-order valence-electron chi connectivity index (χ2n) is 4.44. The van der Waals surface area contributed by atoms with Crippen molar-refractivity contribution in [2.24, 2.45) is 5.92 Å². The van der Waals surface area contributed by atoms with E-state index in [-0.39, 0.29) is 17.7 Å². The molecule has 1 aromatic rings. The fourth-order valence-electron chi connectivity index (χ4n) is 1.74. The second kappa shape index (κ2) is 7.49. The number of carbonyl (C=O) groups excluding carboxylic acids is 2. The molecule has 0 bridgehead atoms. The highest BCUT2D eigenvalue weighted by atomic mass is 16.5. The van der Waals surface area contributed by atoms with E-state index in [0.717, 1.165) is 0 Å². The van der Waals surface area contributed by atoms with Gasteiger partial charge in [-0.2, -0.15) is 0 Å². The fourth-order valence-corrected chi connectivity index (χ4v) is 1.74. The monoisotopic (exact) mass is 279 g/mol. The maximum atomic E-state index is 12.0. The van der Waals surface area contributed by atoms with Crippen molar-refractivity contribution in [2.45, 2.75) is 6.92 Å². The van der Waals surface area contributed by atoms with Gasteiger partial charge >= 0.3 is 0 Å². The number of methoxy groups -OCH3 is 1. The average Bonchev–Trinajstić information content (AvgIpc) is 2.46. The summed E-state index contributed by atoms with van der Waals surface area (Å²) in [5, 5.41) is 8.25. The zero-order valence-corrected chi connectivity index (χ0v) is 12.2. The van der Waals surface area contributed by atoms with Crippen LogP contribution < -0.4 is 20.7 Å². The molecule has 0 radical (unpaired) electrons. The number of ether oxygens (including phenoxy) is 1. The van der Waals surface area contributed by atoms with E-state index in [1.165, 1.54) is 14.2 Å². The van der Waals surface area contributed by atoms with Crippen molar-refractivity contribution < 1.29 is 14.3 Å². The Hall–Kier alpha value is -2.08. The highest BCUT2D eigenvalue weighted by Crippen LogP contribution is 2.22. The predicted molar refractivity (Wildman–Crippen MR) is 78.1 cm³/mol. The summed E-state index contributed by atoms with van der Waals surface area (Å²) in [4.78, 5) is 23.9. The van der Waals surface area contributed by atoms with Crippen LogP contribution in [0.1, 0.15) is 17.3 Å². The second-order valence-corrected chi connectivity index (χ2v) is 4.44. The van der Waals surface area contributed by atoms with Crippen LogP contribution >= 0.6 is 0 Å². The predicted octanol–water partition coefficient (Wildman–Crippen LogP) is 0.849. The molecule has 6 nitrogen and oxygen atoms in total. The third-order valence-corrected chi connectivity index (χ3v) is 2.91. The van der Waals surface area contributed by atoms with Crippen molar-refractivity contribution in [1.29, 1.82) is 0 Å². The standard InChI is InChI=1S/C14H21N3O3/c1-9(8-15-2)13(18)17-12-6-5-10(20-4)7-11(12)14(19)16-3/h5-7,9,15H,8H2,1-4H3,(H,16,19)(H,17,18). The highest BCUT2D eigenvalue weighted by molar-refractivity contribution is 6.04. The van der Waals surface area contributed by atoms with E-state index in [0.29, 0.717) is 23.5 Å². The number of nitrogens with one attached hydrogen (secondary N) is 3. The molecule has 0 saturated carbocycles. The Balaban J connectivity index is 2.99. The van der Waals surface area contributed by atoms with Crippen molar-refractivity contribution in [3.63, 3.8) is 0 Å². The van der Waals surface area contributed by atoms with Gasteiger partial charge in [-0.1, -0.05) is 6.92 Å².